The predicted octanol–water partition coefficient (Wildman–Crippen LogP) is 4.70. The molecule has 0 aromatic carbocycles. The van der Waals surface area contributed by atoms with Crippen LogP contribution in [0.25, 0.3) is 0 Å². The lowest BCUT2D eigenvalue weighted by Crippen LogP contribution is -2.20. The summed E-state index contributed by atoms with van der Waals surface area (Å²) in [4.78, 5) is 6.90. The highest BCUT2D eigenvalue weighted by Gasteiger charge is 2.45. The van der Waals surface area contributed by atoms with Crippen molar-refractivity contribution in [3.8, 4) is 0 Å². The molecule has 0 unspecified atom stereocenters. The number of nitrogens with one attached hydrogen (secondary N) is 3. The van der Waals surface area contributed by atoms with Crippen molar-refractivity contribution in [2.24, 2.45) is 9.03 Å². The molecule has 13 nitrogen and oxygen atoms in total. The Labute approximate surface area is 154 Å². The van der Waals surface area contributed by atoms with Crippen molar-refractivity contribution in [3.63, 3.8) is 0 Å². The van der Waals surface area contributed by atoms with Gasteiger partial charge in [0.15, 0.2) is 0 Å². The summed E-state index contributed by atoms with van der Waals surface area (Å²) in [6.07, 6.45) is 0. The third kappa shape index (κ3) is 6.47. The second-order valence-electron chi connectivity index (χ2n) is 3.99. The third-order valence-electron chi connectivity index (χ3n) is 2.45. The van der Waals surface area contributed by atoms with E-state index in [1.54, 1.807) is 0 Å². The molecule has 0 saturated heterocycles. The van der Waals surface area contributed by atoms with E-state index in [-0.39, 0.29) is 0 Å². The number of hydrogen-bond acceptors (Lipinski definition) is 9. The zero-order valence-electron chi connectivity index (χ0n) is 13.7. The van der Waals surface area contributed by atoms with Crippen LogP contribution in [0.4, 0.5) is 0 Å². The first-order valence-electron chi connectivity index (χ1n) is 5.98. The van der Waals surface area contributed by atoms with E-state index in [4.69, 9.17) is 45.1 Å². The van der Waals surface area contributed by atoms with Crippen LogP contribution < -0.4 is 14.6 Å². The second kappa shape index (κ2) is 8.83. The lowest BCUT2D eigenvalue weighted by atomic mass is 11.8. The van der Waals surface area contributed by atoms with Crippen molar-refractivity contribution in [2.75, 3.05) is 35.5 Å². The van der Waals surface area contributed by atoms with Gasteiger partial charge in [-0.05, 0) is 22.5 Å². The van der Waals surface area contributed by atoms with Gasteiger partial charge in [0.05, 0.1) is 0 Å². The van der Waals surface area contributed by atoms with Crippen LogP contribution in [0.1, 0.15) is 0 Å². The molecule has 1 aliphatic heterocycles. The molecule has 0 fully saturated rings. The summed E-state index contributed by atoms with van der Waals surface area (Å²) in [7, 11) is -6.43. The van der Waals surface area contributed by atoms with E-state index in [9.17, 15) is 13.7 Å². The minimum Gasteiger partial charge on any atom is -0.304 e. The van der Waals surface area contributed by atoms with Gasteiger partial charge in [-0.25, -0.2) is 13.7 Å². The fourth-order valence-corrected chi connectivity index (χ4v) is 19.1. The van der Waals surface area contributed by atoms with E-state index in [1.807, 2.05) is 0 Å². The predicted molar refractivity (Wildman–Crippen MR) is 97.7 cm³/mol. The fourth-order valence-electron chi connectivity index (χ4n) is 1.33. The minimum absolute atomic E-state index is 1.07. The average molecular weight is 502 g/mol. The van der Waals surface area contributed by atoms with Gasteiger partial charge in [-0.1, -0.05) is 0 Å². The lowest BCUT2D eigenvalue weighted by Gasteiger charge is -2.32. The van der Waals surface area contributed by atoms with E-state index in [2.05, 4.69) is 23.6 Å². The Morgan fingerprint density at radius 1 is 0.880 bits per heavy atom. The van der Waals surface area contributed by atoms with Gasteiger partial charge in [-0.3, -0.25) is 18.1 Å². The molecule has 20 heteroatoms. The highest BCUT2D eigenvalue weighted by molar-refractivity contribution is 8.06. The topological polar surface area (TPSA) is 158 Å². The van der Waals surface area contributed by atoms with Crippen LogP contribution >= 0.6 is 59.1 Å². The molecule has 25 heavy (non-hydrogen) atoms. The molecule has 3 N–H and O–H groups in total. The van der Waals surface area contributed by atoms with Gasteiger partial charge >= 0.3 is 23.2 Å². The van der Waals surface area contributed by atoms with E-state index in [1.165, 1.54) is 0 Å². The molecule has 0 aromatic rings. The fraction of sp³-hybridized carbons (Fsp3) is 1.00. The monoisotopic (exact) mass is 501 g/mol. The summed E-state index contributed by atoms with van der Waals surface area (Å²) in [5, 5.41) is 0. The number of halogens is 2. The van der Waals surface area contributed by atoms with Crippen LogP contribution in [0.5, 0.6) is 0 Å². The first-order chi connectivity index (χ1) is 11.3. The van der Waals surface area contributed by atoms with Gasteiger partial charge < -0.3 is 4.52 Å². The zero-order chi connectivity index (χ0) is 19.6. The Morgan fingerprint density at radius 3 is 1.72 bits per heavy atom. The normalized spacial score (nSPS) is 33.6. The zero-order valence-corrected chi connectivity index (χ0v) is 19.6. The molecule has 0 bridgehead atoms. The molecule has 0 radical (unpaired) electrons. The molecular formula is C5H18Cl2N5O8P5. The van der Waals surface area contributed by atoms with Crippen molar-refractivity contribution in [1.82, 2.24) is 14.6 Å². The summed E-state index contributed by atoms with van der Waals surface area (Å²) in [5.74, 6) is 0. The maximum absolute atomic E-state index is 12.7. The standard InChI is InChI=1S/C5H18Cl2N5O8P5/c1-16-23(13)9-21(6,11-24(14,17-2)18-3)8-22(7,10-23)12-25(15,19-4)20-5/h1-5H3,(H,9,13)(H,11,14)(H,12,15)/t21-,22+,23-/m0/s1. The summed E-state index contributed by atoms with van der Waals surface area (Å²) >= 11 is 12.5. The maximum atomic E-state index is 12.7. The van der Waals surface area contributed by atoms with Crippen LogP contribution in [0.15, 0.2) is 9.03 Å². The van der Waals surface area contributed by atoms with Crippen LogP contribution in [-0.4, -0.2) is 35.5 Å². The van der Waals surface area contributed by atoms with Crippen molar-refractivity contribution in [2.45, 2.75) is 0 Å². The van der Waals surface area contributed by atoms with Crippen molar-refractivity contribution < 1.29 is 36.3 Å². The van der Waals surface area contributed by atoms with Crippen LogP contribution in [0, 0.1) is 0 Å². The van der Waals surface area contributed by atoms with Gasteiger partial charge in [0.1, 0.15) is 0 Å². The summed E-state index contributed by atoms with van der Waals surface area (Å²) in [6.45, 7) is -7.41. The Morgan fingerprint density at radius 2 is 1.32 bits per heavy atom. The minimum atomic E-state index is -4.02. The van der Waals surface area contributed by atoms with Crippen LogP contribution in [-0.2, 0) is 36.3 Å². The Kier molecular flexibility index (Phi) is 8.63. The molecule has 0 amide bonds. The van der Waals surface area contributed by atoms with Gasteiger partial charge in [0.25, 0.3) is 0 Å². The number of hydrogen-bond donors (Lipinski definition) is 3. The Hall–Kier alpha value is 1.41. The second-order valence-corrected chi connectivity index (χ2v) is 17.7. The molecule has 0 aromatic heterocycles. The molecule has 0 spiro atoms. The largest absolute Gasteiger partial charge is 0.411 e. The van der Waals surface area contributed by atoms with Gasteiger partial charge in [0, 0.05) is 35.5 Å². The number of nitrogens with zero attached hydrogens (tertiary/aromatic N) is 2. The van der Waals surface area contributed by atoms with E-state index < -0.39 is 36.6 Å². The van der Waals surface area contributed by atoms with E-state index in [0.717, 1.165) is 35.5 Å². The Balaban J connectivity index is 3.49. The molecular weight excluding hydrogens is 484 g/mol. The van der Waals surface area contributed by atoms with Gasteiger partial charge in [0.2, 0.25) is 13.4 Å². The van der Waals surface area contributed by atoms with Gasteiger partial charge in [-0.2, -0.15) is 23.6 Å². The molecule has 0 aliphatic carbocycles. The SMILES string of the molecule is COP(=O)(N[P@@]1(Cl)=N[P@@](=O)(OC)N[P@@](Cl)(NP(=O)(OC)OC)=N1)OC. The summed E-state index contributed by atoms with van der Waals surface area (Å²) in [6, 6.07) is 0. The van der Waals surface area contributed by atoms with E-state index in [0.29, 0.717) is 0 Å². The van der Waals surface area contributed by atoms with Crippen LogP contribution in [0.3, 0.4) is 0 Å². The lowest BCUT2D eigenvalue weighted by molar-refractivity contribution is 0.272. The molecule has 0 saturated carbocycles. The quantitative estimate of drug-likeness (QED) is 0.376. The molecule has 1 aliphatic rings. The smallest absolute Gasteiger partial charge is 0.304 e. The third-order valence-corrected chi connectivity index (χ3v) is 18.7. The molecule has 1 rings (SSSR count). The average Bonchev–Trinajstić information content (AvgIpc) is 2.52. The summed E-state index contributed by atoms with van der Waals surface area (Å²) < 4.78 is 68.7. The highest BCUT2D eigenvalue weighted by atomic mass is 35.7. The van der Waals surface area contributed by atoms with Crippen molar-refractivity contribution in [3.05, 3.63) is 0 Å². The van der Waals surface area contributed by atoms with Crippen LogP contribution in [0.2, 0.25) is 0 Å². The summed E-state index contributed by atoms with van der Waals surface area (Å²) in [5.41, 5.74) is 0. The molecule has 150 valence electrons. The number of rotatable bonds is 9. The first kappa shape index (κ1) is 24.4. The van der Waals surface area contributed by atoms with Crippen molar-refractivity contribution >= 4 is 59.1 Å². The molecule has 1 heterocycles. The Bertz CT molecular complexity index is 744. The molecule has 3 atom stereocenters. The van der Waals surface area contributed by atoms with E-state index >= 15 is 0 Å². The maximum Gasteiger partial charge on any atom is 0.411 e. The van der Waals surface area contributed by atoms with Gasteiger partial charge in [-0.15, -0.1) is 0 Å². The van der Waals surface area contributed by atoms with Crippen molar-refractivity contribution in [1.29, 1.82) is 0 Å². The highest BCUT2D eigenvalue weighted by Crippen LogP contribution is 2.79. The first-order valence-corrected chi connectivity index (χ1v) is 15.9.